The topological polar surface area (TPSA) is 80.3 Å². The molecule has 3 aromatic carbocycles. The number of ether oxygens (including phenoxy) is 4. The van der Waals surface area contributed by atoms with E-state index in [2.05, 4.69) is 74.5 Å². The molecule has 0 amide bonds. The molecule has 218 valence electrons. The van der Waals surface area contributed by atoms with Crippen LogP contribution in [0.1, 0.15) is 19.4 Å². The molecule has 0 atom stereocenters. The lowest BCUT2D eigenvalue weighted by Gasteiger charge is -2.34. The lowest BCUT2D eigenvalue weighted by atomic mass is 10.2. The summed E-state index contributed by atoms with van der Waals surface area (Å²) in [6.45, 7) is 9.98. The van der Waals surface area contributed by atoms with E-state index in [4.69, 9.17) is 23.1 Å². The van der Waals surface area contributed by atoms with Crippen molar-refractivity contribution in [3.63, 3.8) is 0 Å². The van der Waals surface area contributed by atoms with Gasteiger partial charge in [-0.2, -0.15) is 8.42 Å². The van der Waals surface area contributed by atoms with Crippen LogP contribution in [0.4, 0.5) is 0 Å². The predicted octanol–water partition coefficient (Wildman–Crippen LogP) is 3.59. The molecule has 0 saturated carbocycles. The van der Waals surface area contributed by atoms with Gasteiger partial charge in [0.1, 0.15) is 8.80 Å². The van der Waals surface area contributed by atoms with E-state index in [9.17, 15) is 8.42 Å². The molecule has 0 radical (unpaired) electrons. The molecule has 9 heteroatoms. The first-order chi connectivity index (χ1) is 19.3. The maximum absolute atomic E-state index is 12.1. The van der Waals surface area contributed by atoms with E-state index in [0.29, 0.717) is 46.2 Å². The quantitative estimate of drug-likeness (QED) is 0.121. The molecule has 0 aromatic heterocycles. The van der Waals surface area contributed by atoms with Crippen molar-refractivity contribution in [1.82, 2.24) is 0 Å². The second-order valence-corrected chi connectivity index (χ2v) is 15.6. The first-order valence-corrected chi connectivity index (χ1v) is 16.8. The van der Waals surface area contributed by atoms with Crippen LogP contribution in [0, 0.1) is 6.92 Å². The van der Waals surface area contributed by atoms with Crippen molar-refractivity contribution in [1.29, 1.82) is 0 Å². The summed E-state index contributed by atoms with van der Waals surface area (Å²) in [5.74, 6) is 0. The molecular weight excluding hydrogens is 544 g/mol. The Balaban J connectivity index is 1.22. The summed E-state index contributed by atoms with van der Waals surface area (Å²) in [6, 6.07) is 28.1. The molecule has 0 heterocycles. The molecule has 0 fully saturated rings. The highest BCUT2D eigenvalue weighted by atomic mass is 32.2. The summed E-state index contributed by atoms with van der Waals surface area (Å²) in [7, 11) is -5.27. The molecule has 0 N–H and O–H groups in total. The van der Waals surface area contributed by atoms with E-state index < -0.39 is 18.9 Å². The summed E-state index contributed by atoms with van der Waals surface area (Å²) in [4.78, 5) is 0.140. The van der Waals surface area contributed by atoms with Crippen molar-refractivity contribution >= 4 is 29.3 Å². The van der Waals surface area contributed by atoms with Crippen molar-refractivity contribution < 1.29 is 31.5 Å². The lowest BCUT2D eigenvalue weighted by molar-refractivity contribution is -0.00632. The maximum atomic E-state index is 12.1. The molecule has 0 aliphatic heterocycles. The average Bonchev–Trinajstić information content (AvgIpc) is 2.94. The van der Waals surface area contributed by atoms with E-state index in [0.717, 1.165) is 5.56 Å². The van der Waals surface area contributed by atoms with Crippen molar-refractivity contribution in [3.05, 3.63) is 90.5 Å². The Morgan fingerprint density at radius 3 is 1.50 bits per heavy atom. The second-order valence-electron chi connectivity index (χ2n) is 10.2. The predicted molar refractivity (Wildman–Crippen MR) is 161 cm³/mol. The first-order valence-electron chi connectivity index (χ1n) is 13.7. The van der Waals surface area contributed by atoms with Gasteiger partial charge in [0.2, 0.25) is 0 Å². The summed E-state index contributed by atoms with van der Waals surface area (Å²) in [5.41, 5.74) is 0.984. The van der Waals surface area contributed by atoms with E-state index in [1.54, 1.807) is 12.1 Å². The summed E-state index contributed by atoms with van der Waals surface area (Å²) >= 11 is 0. The minimum Gasteiger partial charge on any atom is -0.379 e. The van der Waals surface area contributed by atoms with Gasteiger partial charge in [-0.05, 0) is 24.1 Å². The minimum absolute atomic E-state index is 0.0295. The zero-order valence-corrected chi connectivity index (χ0v) is 25.8. The Labute approximate surface area is 241 Å². The fourth-order valence-electron chi connectivity index (χ4n) is 4.44. The number of hydrogen-bond acceptors (Lipinski definition) is 7. The molecule has 0 aliphatic carbocycles. The smallest absolute Gasteiger partial charge is 0.297 e. The fourth-order valence-corrected chi connectivity index (χ4v) is 9.02. The van der Waals surface area contributed by atoms with Crippen LogP contribution in [-0.2, 0) is 33.2 Å². The van der Waals surface area contributed by atoms with Crippen LogP contribution in [-0.4, -0.2) is 76.7 Å². The molecular formula is C31H42O7SSi. The molecule has 3 rings (SSSR count). The average molecular weight is 587 g/mol. The highest BCUT2D eigenvalue weighted by Gasteiger charge is 2.34. The lowest BCUT2D eigenvalue weighted by Crippen LogP contribution is -2.51. The molecule has 0 saturated heterocycles. The van der Waals surface area contributed by atoms with Crippen LogP contribution >= 0.6 is 0 Å². The second kappa shape index (κ2) is 16.8. The van der Waals surface area contributed by atoms with Gasteiger partial charge in [-0.15, -0.1) is 0 Å². The first kappa shape index (κ1) is 32.1. The van der Waals surface area contributed by atoms with Gasteiger partial charge in [-0.3, -0.25) is 4.18 Å². The van der Waals surface area contributed by atoms with E-state index in [1.165, 1.54) is 22.5 Å². The summed E-state index contributed by atoms with van der Waals surface area (Å²) in [5, 5.41) is 2.86. The zero-order chi connectivity index (χ0) is 28.7. The van der Waals surface area contributed by atoms with Crippen LogP contribution in [0.5, 0.6) is 0 Å². The monoisotopic (exact) mass is 586 g/mol. The number of aryl methyl sites for hydroxylation is 1. The van der Waals surface area contributed by atoms with Crippen molar-refractivity contribution in [2.24, 2.45) is 0 Å². The van der Waals surface area contributed by atoms with Gasteiger partial charge in [0.25, 0.3) is 10.1 Å². The van der Waals surface area contributed by atoms with Gasteiger partial charge < -0.3 is 18.9 Å². The van der Waals surface area contributed by atoms with Gasteiger partial charge in [0.05, 0.1) is 57.8 Å². The highest BCUT2D eigenvalue weighted by Crippen LogP contribution is 2.28. The number of rotatable bonds is 19. The van der Waals surface area contributed by atoms with Crippen LogP contribution < -0.4 is 10.4 Å². The molecule has 0 spiro atoms. The highest BCUT2D eigenvalue weighted by molar-refractivity contribution is 7.86. The Morgan fingerprint density at radius 1 is 0.600 bits per heavy atom. The Hall–Kier alpha value is -2.37. The third kappa shape index (κ3) is 10.9. The molecule has 40 heavy (non-hydrogen) atoms. The SMILES string of the molecule is Cc1ccc(S(=O)(=O)OCCOCCOCCOCCOCC(C)(C)[SiH](c2ccccc2)c2ccccc2)cc1. The standard InChI is InChI=1S/C31H42O7SSi/c1-27-14-16-28(17-15-27)39(32,33)38-25-24-36-21-20-34-18-19-35-22-23-37-26-31(2,3)40(29-10-6-4-7-11-29)30-12-8-5-9-13-30/h4-17,40H,18-26H2,1-3H3. The van der Waals surface area contributed by atoms with Crippen molar-refractivity contribution in [2.75, 3.05) is 59.5 Å². The molecule has 0 aliphatic rings. The van der Waals surface area contributed by atoms with E-state index in [1.807, 2.05) is 6.92 Å². The normalized spacial score (nSPS) is 12.2. The molecule has 0 unspecified atom stereocenters. The Kier molecular flexibility index (Phi) is 13.5. The van der Waals surface area contributed by atoms with Crippen LogP contribution in [0.2, 0.25) is 5.04 Å². The molecule has 3 aromatic rings. The molecule has 7 nitrogen and oxygen atoms in total. The van der Waals surface area contributed by atoms with E-state index in [-0.39, 0.29) is 23.1 Å². The summed E-state index contributed by atoms with van der Waals surface area (Å²) in [6.07, 6.45) is 0. The van der Waals surface area contributed by atoms with Crippen LogP contribution in [0.15, 0.2) is 89.8 Å². The van der Waals surface area contributed by atoms with Gasteiger partial charge in [-0.1, -0.05) is 103 Å². The van der Waals surface area contributed by atoms with Crippen molar-refractivity contribution in [2.45, 2.75) is 30.7 Å². The summed E-state index contributed by atoms with van der Waals surface area (Å²) < 4.78 is 51.8. The number of hydrogen-bond donors (Lipinski definition) is 0. The zero-order valence-electron chi connectivity index (χ0n) is 23.8. The van der Waals surface area contributed by atoms with Crippen LogP contribution in [0.3, 0.4) is 0 Å². The van der Waals surface area contributed by atoms with Gasteiger partial charge in [0, 0.05) is 6.61 Å². The van der Waals surface area contributed by atoms with E-state index >= 15 is 0 Å². The Morgan fingerprint density at radius 2 is 1.02 bits per heavy atom. The van der Waals surface area contributed by atoms with Gasteiger partial charge in [-0.25, -0.2) is 0 Å². The third-order valence-electron chi connectivity index (χ3n) is 6.41. The molecule has 0 bridgehead atoms. The largest absolute Gasteiger partial charge is 0.379 e. The fraction of sp³-hybridized carbons (Fsp3) is 0.419. The van der Waals surface area contributed by atoms with Crippen LogP contribution in [0.25, 0.3) is 0 Å². The number of benzene rings is 3. The maximum Gasteiger partial charge on any atom is 0.297 e. The van der Waals surface area contributed by atoms with Crippen molar-refractivity contribution in [3.8, 4) is 0 Å². The Bertz CT molecular complexity index is 1160. The minimum atomic E-state index is -3.77. The van der Waals surface area contributed by atoms with Gasteiger partial charge >= 0.3 is 0 Å². The van der Waals surface area contributed by atoms with Gasteiger partial charge in [0.15, 0.2) is 0 Å². The third-order valence-corrected chi connectivity index (χ3v) is 11.6.